The number of nitrogens with zero attached hydrogens (tertiary/aromatic N) is 1. The summed E-state index contributed by atoms with van der Waals surface area (Å²) in [7, 11) is 0. The van der Waals surface area contributed by atoms with E-state index in [1.54, 1.807) is 6.20 Å². The van der Waals surface area contributed by atoms with Crippen LogP contribution < -0.4 is 0 Å². The van der Waals surface area contributed by atoms with Crippen LogP contribution in [-0.4, -0.2) is 4.98 Å². The molecule has 0 atom stereocenters. The molecule has 0 aliphatic carbocycles. The fraction of sp³-hybridized carbons (Fsp3) is 0. The van der Waals surface area contributed by atoms with Crippen molar-refractivity contribution in [2.45, 2.75) is 0 Å². The Bertz CT molecular complexity index is 71.4. The summed E-state index contributed by atoms with van der Waals surface area (Å²) in [6.45, 7) is 0. The van der Waals surface area contributed by atoms with Gasteiger partial charge in [-0.2, -0.15) is 0 Å². The average molecular weight is 301 g/mol. The SMILES string of the molecule is [Eu].[Zn].[c-]1nccs1. The molecule has 1 heterocycles. The minimum absolute atomic E-state index is 0. The second kappa shape index (κ2) is 7.84. The molecule has 7 heavy (non-hydrogen) atoms. The molecule has 4 heteroatoms. The summed E-state index contributed by atoms with van der Waals surface area (Å²) in [4.78, 5) is 3.62. The summed E-state index contributed by atoms with van der Waals surface area (Å²) in [5.74, 6) is 0. The molecule has 0 aromatic carbocycles. The molecular formula is C3H2EuNSZn-. The molecule has 0 amide bonds. The molecular weight excluding hydrogens is 299 g/mol. The first-order valence-corrected chi connectivity index (χ1v) is 2.13. The van der Waals surface area contributed by atoms with E-state index in [9.17, 15) is 0 Å². The number of thiazole rings is 1. The van der Waals surface area contributed by atoms with Gasteiger partial charge in [0.1, 0.15) is 0 Å². The van der Waals surface area contributed by atoms with Crippen molar-refractivity contribution >= 4 is 11.3 Å². The summed E-state index contributed by atoms with van der Waals surface area (Å²) >= 11 is 1.48. The van der Waals surface area contributed by atoms with Gasteiger partial charge in [0.2, 0.25) is 0 Å². The monoisotopic (exact) mass is 301 g/mol. The van der Waals surface area contributed by atoms with E-state index in [-0.39, 0.29) is 68.9 Å². The van der Waals surface area contributed by atoms with Gasteiger partial charge < -0.3 is 4.98 Å². The molecule has 0 fully saturated rings. The van der Waals surface area contributed by atoms with Gasteiger partial charge in [-0.1, -0.05) is 0 Å². The van der Waals surface area contributed by atoms with Crippen molar-refractivity contribution in [3.63, 3.8) is 0 Å². The van der Waals surface area contributed by atoms with E-state index in [4.69, 9.17) is 0 Å². The summed E-state index contributed by atoms with van der Waals surface area (Å²) in [5, 5.41) is 1.88. The standard InChI is InChI=1S/C3H2NS.Eu.Zn/c1-2-5-3-4-1;;/h1-2H;;/q-1;;. The van der Waals surface area contributed by atoms with Crippen molar-refractivity contribution in [2.75, 3.05) is 0 Å². The third-order valence-electron chi connectivity index (χ3n) is 0.309. The molecule has 1 aromatic rings. The van der Waals surface area contributed by atoms with Gasteiger partial charge in [-0.15, -0.1) is 11.6 Å². The second-order valence-corrected chi connectivity index (χ2v) is 1.31. The molecule has 0 saturated carbocycles. The molecule has 1 rings (SSSR count). The van der Waals surface area contributed by atoms with Gasteiger partial charge in [-0.25, -0.2) is 0 Å². The van der Waals surface area contributed by atoms with Crippen LogP contribution in [0.3, 0.4) is 0 Å². The predicted octanol–water partition coefficient (Wildman–Crippen LogP) is 0.941. The van der Waals surface area contributed by atoms with Crippen LogP contribution in [0.15, 0.2) is 11.6 Å². The zero-order chi connectivity index (χ0) is 3.54. The normalized spacial score (nSPS) is 5.71. The van der Waals surface area contributed by atoms with Gasteiger partial charge >= 0.3 is 0 Å². The second-order valence-electron chi connectivity index (χ2n) is 0.623. The maximum atomic E-state index is 3.62. The van der Waals surface area contributed by atoms with Crippen LogP contribution in [0.25, 0.3) is 0 Å². The van der Waals surface area contributed by atoms with Crippen LogP contribution in [0.5, 0.6) is 0 Å². The molecule has 0 aliphatic rings. The van der Waals surface area contributed by atoms with Crippen LogP contribution >= 0.6 is 11.3 Å². The molecule has 1 nitrogen and oxygen atoms in total. The largest absolute Gasteiger partial charge is 0.394 e. The van der Waals surface area contributed by atoms with Gasteiger partial charge in [0.15, 0.2) is 0 Å². The van der Waals surface area contributed by atoms with E-state index in [1.807, 2.05) is 5.38 Å². The fourth-order valence-corrected chi connectivity index (χ4v) is 0.456. The summed E-state index contributed by atoms with van der Waals surface area (Å²) in [5.41, 5.74) is 2.65. The molecule has 0 unspecified atom stereocenters. The Morgan fingerprint density at radius 2 is 2.29 bits per heavy atom. The Morgan fingerprint density at radius 1 is 1.57 bits per heavy atom. The minimum atomic E-state index is 0. The maximum absolute atomic E-state index is 3.62. The van der Waals surface area contributed by atoms with Crippen molar-refractivity contribution in [3.05, 3.63) is 17.1 Å². The first-order chi connectivity index (χ1) is 2.50. The van der Waals surface area contributed by atoms with Crippen LogP contribution in [0.1, 0.15) is 0 Å². The van der Waals surface area contributed by atoms with Gasteiger partial charge in [0.25, 0.3) is 0 Å². The first-order valence-electron chi connectivity index (χ1n) is 1.25. The van der Waals surface area contributed by atoms with Crippen molar-refractivity contribution in [2.24, 2.45) is 0 Å². The Labute approximate surface area is 100 Å². The molecule has 1 radical (unpaired) electrons. The quantitative estimate of drug-likeness (QED) is 0.513. The summed E-state index contributed by atoms with van der Waals surface area (Å²) in [6.07, 6.45) is 1.71. The van der Waals surface area contributed by atoms with Crippen LogP contribution in [0.2, 0.25) is 0 Å². The summed E-state index contributed by atoms with van der Waals surface area (Å²) in [6, 6.07) is 0. The molecule has 0 spiro atoms. The molecule has 0 saturated heterocycles. The van der Waals surface area contributed by atoms with E-state index in [0.29, 0.717) is 0 Å². The first kappa shape index (κ1) is 11.6. The van der Waals surface area contributed by atoms with Gasteiger partial charge in [-0.3, -0.25) is 11.3 Å². The maximum Gasteiger partial charge on any atom is 0 e. The molecule has 1 aromatic heterocycles. The Hall–Kier alpha value is 1.84. The van der Waals surface area contributed by atoms with Crippen molar-refractivity contribution in [1.82, 2.24) is 4.98 Å². The van der Waals surface area contributed by atoms with E-state index >= 15 is 0 Å². The molecule has 0 N–H and O–H groups in total. The average Bonchev–Trinajstić information content (AvgIpc) is 1.76. The van der Waals surface area contributed by atoms with Crippen LogP contribution in [0, 0.1) is 54.9 Å². The van der Waals surface area contributed by atoms with Crippen molar-refractivity contribution < 1.29 is 68.9 Å². The van der Waals surface area contributed by atoms with Crippen LogP contribution in [0.4, 0.5) is 0 Å². The third-order valence-corrected chi connectivity index (χ3v) is 0.777. The topological polar surface area (TPSA) is 12.9 Å². The number of aromatic nitrogens is 1. The third kappa shape index (κ3) is 5.71. The summed E-state index contributed by atoms with van der Waals surface area (Å²) < 4.78 is 0. The number of hydrogen-bond donors (Lipinski definition) is 0. The zero-order valence-electron chi connectivity index (χ0n) is 3.60. The molecule has 0 aliphatic heterocycles. The van der Waals surface area contributed by atoms with E-state index in [2.05, 4.69) is 10.5 Å². The zero-order valence-corrected chi connectivity index (χ0v) is 9.80. The van der Waals surface area contributed by atoms with Crippen molar-refractivity contribution in [3.8, 4) is 0 Å². The molecule has 35 valence electrons. The van der Waals surface area contributed by atoms with Gasteiger partial charge in [0.05, 0.1) is 0 Å². The van der Waals surface area contributed by atoms with Crippen molar-refractivity contribution in [1.29, 1.82) is 0 Å². The molecule has 0 bridgehead atoms. The minimum Gasteiger partial charge on any atom is -0.394 e. The van der Waals surface area contributed by atoms with Gasteiger partial charge in [0, 0.05) is 68.9 Å². The predicted molar refractivity (Wildman–Crippen MR) is 20.9 cm³/mol. The Morgan fingerprint density at radius 3 is 2.43 bits per heavy atom. The fourth-order valence-electron chi connectivity index (χ4n) is 0.152. The number of rotatable bonds is 0. The van der Waals surface area contributed by atoms with E-state index in [1.165, 1.54) is 11.3 Å². The van der Waals surface area contributed by atoms with E-state index in [0.717, 1.165) is 0 Å². The Balaban J connectivity index is 0. The number of hydrogen-bond acceptors (Lipinski definition) is 2. The van der Waals surface area contributed by atoms with E-state index < -0.39 is 0 Å². The van der Waals surface area contributed by atoms with Crippen LogP contribution in [-0.2, 0) is 19.5 Å². The Kier molecular flexibility index (Phi) is 13.0. The smallest absolute Gasteiger partial charge is 0 e. The van der Waals surface area contributed by atoms with Gasteiger partial charge in [-0.05, 0) is 5.51 Å².